The van der Waals surface area contributed by atoms with Gasteiger partial charge in [-0.3, -0.25) is 0 Å². The molecule has 0 atom stereocenters. The average molecular weight is 383 g/mol. The molecule has 1 aromatic carbocycles. The molecule has 0 aromatic heterocycles. The van der Waals surface area contributed by atoms with Gasteiger partial charge in [0.2, 0.25) is 0 Å². The molecule has 0 aliphatic heterocycles. The molecule has 0 N–H and O–H groups in total. The fourth-order valence-corrected chi connectivity index (χ4v) is 17.6. The van der Waals surface area contributed by atoms with Gasteiger partial charge in [0.05, 0.1) is 8.07 Å². The van der Waals surface area contributed by atoms with E-state index in [1.54, 1.807) is 0 Å². The van der Waals surface area contributed by atoms with Crippen molar-refractivity contribution in [3.63, 3.8) is 0 Å². The van der Waals surface area contributed by atoms with Gasteiger partial charge in [0.15, 0.2) is 0 Å². The fraction of sp³-hybridized carbons (Fsp3) is 0.550. The molecule has 0 spiro atoms. The summed E-state index contributed by atoms with van der Waals surface area (Å²) in [6, 6.07) is 10.8. The van der Waals surface area contributed by atoms with E-state index in [-0.39, 0.29) is 24.3 Å². The van der Waals surface area contributed by atoms with E-state index in [1.807, 2.05) is 0 Å². The number of rotatable bonds is 5. The number of hydrogen-bond donors (Lipinski definition) is 0. The minimum Gasteiger partial charge on any atom is -0.340 e. The van der Waals surface area contributed by atoms with E-state index in [0.717, 1.165) is 0 Å². The van der Waals surface area contributed by atoms with Crippen molar-refractivity contribution < 1.29 is 23.7 Å². The van der Waals surface area contributed by atoms with Gasteiger partial charge in [-0.05, 0) is 16.4 Å². The van der Waals surface area contributed by atoms with E-state index >= 15 is 0 Å². The van der Waals surface area contributed by atoms with E-state index in [0.29, 0.717) is 5.41 Å². The molecular formula is C20H35LiOSi3. The van der Waals surface area contributed by atoms with E-state index in [2.05, 4.69) is 97.3 Å². The van der Waals surface area contributed by atoms with Gasteiger partial charge in [-0.15, -0.1) is 0 Å². The van der Waals surface area contributed by atoms with Gasteiger partial charge in [-0.25, -0.2) is 13.5 Å². The van der Waals surface area contributed by atoms with Gasteiger partial charge < -0.3 is 4.79 Å². The Balaban J connectivity index is 0.00000576. The summed E-state index contributed by atoms with van der Waals surface area (Å²) in [5.41, 5.74) is 1.08. The van der Waals surface area contributed by atoms with Crippen LogP contribution in [0.3, 0.4) is 0 Å². The van der Waals surface area contributed by atoms with Crippen LogP contribution in [-0.4, -0.2) is 29.4 Å². The third-order valence-corrected chi connectivity index (χ3v) is 16.6. The van der Waals surface area contributed by atoms with Crippen molar-refractivity contribution >= 4 is 34.6 Å². The first-order valence-electron chi connectivity index (χ1n) is 8.86. The molecule has 0 aliphatic carbocycles. The van der Waals surface area contributed by atoms with Gasteiger partial charge in [0, 0.05) is 0 Å². The van der Waals surface area contributed by atoms with Gasteiger partial charge >= 0.3 is 18.9 Å². The molecule has 1 rings (SSSR count). The molecule has 0 saturated heterocycles. The van der Waals surface area contributed by atoms with Crippen LogP contribution in [0.2, 0.25) is 39.3 Å². The summed E-state index contributed by atoms with van der Waals surface area (Å²) >= 11 is 0. The van der Waals surface area contributed by atoms with Crippen LogP contribution in [0.1, 0.15) is 33.3 Å². The first-order chi connectivity index (χ1) is 10.7. The van der Waals surface area contributed by atoms with Gasteiger partial charge in [0.1, 0.15) is 0 Å². The molecule has 0 fully saturated rings. The van der Waals surface area contributed by atoms with Crippen molar-refractivity contribution in [2.24, 2.45) is 5.41 Å². The first kappa shape index (κ1) is 24.9. The quantitative estimate of drug-likeness (QED) is 0.716. The summed E-state index contributed by atoms with van der Waals surface area (Å²) < 4.78 is 0. The van der Waals surface area contributed by atoms with E-state index < -0.39 is 24.0 Å². The largest absolute Gasteiger partial charge is 1.00 e. The maximum absolute atomic E-state index is 13.4. The van der Waals surface area contributed by atoms with Crippen molar-refractivity contribution in [1.82, 2.24) is 0 Å². The summed E-state index contributed by atoms with van der Waals surface area (Å²) in [6.07, 6.45) is 0. The van der Waals surface area contributed by atoms with Crippen LogP contribution in [-0.2, 0) is 4.79 Å². The molecule has 134 valence electrons. The SMILES string of the molecule is C/C(=C(/c1ccccc1)[Si](C)(C)C)[Si-](C(=O)C(C)(C)C)[Si](C)(C)C.[Li+]. The van der Waals surface area contributed by atoms with Crippen LogP contribution >= 0.6 is 0 Å². The number of benzene rings is 1. The molecule has 1 aromatic rings. The van der Waals surface area contributed by atoms with Gasteiger partial charge in [-0.2, -0.15) is 0 Å². The fourth-order valence-electron chi connectivity index (χ4n) is 3.39. The Morgan fingerprint density at radius 1 is 0.920 bits per heavy atom. The van der Waals surface area contributed by atoms with Crippen molar-refractivity contribution in [3.8, 4) is 0 Å². The Labute approximate surface area is 171 Å². The Bertz CT molecular complexity index is 617. The van der Waals surface area contributed by atoms with Crippen molar-refractivity contribution in [3.05, 3.63) is 41.1 Å². The van der Waals surface area contributed by atoms with Crippen LogP contribution in [0.5, 0.6) is 0 Å². The van der Waals surface area contributed by atoms with Gasteiger partial charge in [-0.1, -0.05) is 110 Å². The average Bonchev–Trinajstić information content (AvgIpc) is 2.35. The molecule has 25 heavy (non-hydrogen) atoms. The molecule has 0 saturated carbocycles. The minimum absolute atomic E-state index is 0. The zero-order chi connectivity index (χ0) is 18.9. The number of carbonyl (C=O) groups is 1. The first-order valence-corrected chi connectivity index (χ1v) is 18.4. The maximum atomic E-state index is 13.4. The molecule has 1 nitrogen and oxygen atoms in total. The molecule has 0 radical (unpaired) electrons. The van der Waals surface area contributed by atoms with Crippen LogP contribution in [0.15, 0.2) is 35.5 Å². The molecule has 0 unspecified atom stereocenters. The number of hydrogen-bond acceptors (Lipinski definition) is 1. The Morgan fingerprint density at radius 3 is 1.68 bits per heavy atom. The third-order valence-electron chi connectivity index (χ3n) is 4.22. The predicted molar refractivity (Wildman–Crippen MR) is 116 cm³/mol. The normalized spacial score (nSPS) is 13.7. The van der Waals surface area contributed by atoms with Crippen molar-refractivity contribution in [2.75, 3.05) is 0 Å². The Hall–Kier alpha value is -0.122. The number of allylic oxidation sites excluding steroid dienone is 1. The summed E-state index contributed by atoms with van der Waals surface area (Å²) in [5, 5.41) is 3.46. The molecule has 0 heterocycles. The monoisotopic (exact) mass is 382 g/mol. The van der Waals surface area contributed by atoms with Crippen molar-refractivity contribution in [1.29, 1.82) is 0 Å². The smallest absolute Gasteiger partial charge is 0.340 e. The number of carbonyl (C=O) groups excluding carboxylic acids is 1. The molecule has 0 amide bonds. The second kappa shape index (κ2) is 8.71. The standard InChI is InChI=1S/C20H35OSi3.Li/c1-16(22(24(8,9)10)19(21)20(2,3)4)18(23(5,6)7)17-14-12-11-13-15-17;/h11-15H,1-10H3;/q-1;+1/b18-16+;. The summed E-state index contributed by atoms with van der Waals surface area (Å²) in [7, 11) is -4.33. The van der Waals surface area contributed by atoms with E-state index in [4.69, 9.17) is 0 Å². The second-order valence-corrected chi connectivity index (χ2v) is 27.3. The Morgan fingerprint density at radius 2 is 1.36 bits per heavy atom. The Kier molecular flexibility index (Phi) is 8.67. The van der Waals surface area contributed by atoms with E-state index in [1.165, 1.54) is 16.0 Å². The van der Waals surface area contributed by atoms with Crippen LogP contribution in [0, 0.1) is 5.41 Å². The third kappa shape index (κ3) is 6.52. The van der Waals surface area contributed by atoms with Gasteiger partial charge in [0.25, 0.3) is 0 Å². The summed E-state index contributed by atoms with van der Waals surface area (Å²) in [4.78, 5) is 13.4. The zero-order valence-corrected chi connectivity index (χ0v) is 21.3. The zero-order valence-electron chi connectivity index (χ0n) is 18.3. The summed E-state index contributed by atoms with van der Waals surface area (Å²) in [6.45, 7) is 22.9. The van der Waals surface area contributed by atoms with Crippen LogP contribution in [0.4, 0.5) is 0 Å². The predicted octanol–water partition coefficient (Wildman–Crippen LogP) is 2.95. The molecule has 0 bridgehead atoms. The van der Waals surface area contributed by atoms with Crippen LogP contribution in [0.25, 0.3) is 5.20 Å². The second-order valence-electron chi connectivity index (χ2n) is 9.82. The summed E-state index contributed by atoms with van der Waals surface area (Å²) in [5.74, 6) is 0. The molecule has 0 aliphatic rings. The topological polar surface area (TPSA) is 17.1 Å². The van der Waals surface area contributed by atoms with E-state index in [9.17, 15) is 4.79 Å². The molecule has 5 heteroatoms. The maximum Gasteiger partial charge on any atom is 1.00 e. The molecular weight excluding hydrogens is 347 g/mol. The minimum atomic E-state index is -1.58. The van der Waals surface area contributed by atoms with Crippen LogP contribution < -0.4 is 18.9 Å². The van der Waals surface area contributed by atoms with Crippen molar-refractivity contribution in [2.45, 2.75) is 67.0 Å².